The van der Waals surface area contributed by atoms with Gasteiger partial charge in [0.2, 0.25) is 11.8 Å². The Kier molecular flexibility index (Phi) is 11.6. The zero-order valence-electron chi connectivity index (χ0n) is 24.1. The molecule has 0 saturated heterocycles. The van der Waals surface area contributed by atoms with Gasteiger partial charge in [-0.25, -0.2) is 8.42 Å². The van der Waals surface area contributed by atoms with Crippen molar-refractivity contribution in [3.8, 4) is 11.5 Å². The third-order valence-corrected chi connectivity index (χ3v) is 8.52. The topological polar surface area (TPSA) is 105 Å². The van der Waals surface area contributed by atoms with E-state index >= 15 is 0 Å². The molecule has 3 aromatic rings. The third-order valence-electron chi connectivity index (χ3n) is 6.75. The van der Waals surface area contributed by atoms with Gasteiger partial charge in [0, 0.05) is 19.2 Å². The van der Waals surface area contributed by atoms with E-state index in [0.29, 0.717) is 18.7 Å². The van der Waals surface area contributed by atoms with E-state index in [0.717, 1.165) is 22.7 Å². The first kappa shape index (κ1) is 31.5. The molecule has 0 aliphatic heterocycles. The Morgan fingerprint density at radius 3 is 2.20 bits per heavy atom. The highest BCUT2D eigenvalue weighted by Crippen LogP contribution is 2.35. The van der Waals surface area contributed by atoms with Gasteiger partial charge in [-0.15, -0.1) is 0 Å². The minimum absolute atomic E-state index is 0.0128. The summed E-state index contributed by atoms with van der Waals surface area (Å²) in [6.07, 6.45) is 2.22. The minimum atomic E-state index is -4.22. The van der Waals surface area contributed by atoms with Gasteiger partial charge in [-0.2, -0.15) is 0 Å². The van der Waals surface area contributed by atoms with Crippen molar-refractivity contribution in [1.29, 1.82) is 0 Å². The molecule has 41 heavy (non-hydrogen) atoms. The standard InChI is InChI=1S/C31H39N3O6S/c1-5-6-20-32-31(36)24(2)33(21-19-25-13-9-7-10-14-25)30(35)23-34(41(37,38)27-15-11-8-12-16-27)28-22-26(39-3)17-18-29(28)40-4/h7-18,22,24H,5-6,19-21,23H2,1-4H3,(H,32,36)/t24-/m1/s1. The van der Waals surface area contributed by atoms with E-state index in [2.05, 4.69) is 5.32 Å². The highest BCUT2D eigenvalue weighted by Gasteiger charge is 2.33. The summed E-state index contributed by atoms with van der Waals surface area (Å²) in [4.78, 5) is 28.5. The maximum absolute atomic E-state index is 14.0. The zero-order chi connectivity index (χ0) is 29.8. The second-order valence-electron chi connectivity index (χ2n) is 9.51. The van der Waals surface area contributed by atoms with E-state index in [1.54, 1.807) is 37.3 Å². The predicted molar refractivity (Wildman–Crippen MR) is 160 cm³/mol. The maximum atomic E-state index is 14.0. The van der Waals surface area contributed by atoms with Crippen LogP contribution in [-0.4, -0.2) is 65.0 Å². The molecule has 0 heterocycles. The summed E-state index contributed by atoms with van der Waals surface area (Å²) in [7, 11) is -1.33. The number of carbonyl (C=O) groups excluding carboxylic acids is 2. The molecule has 220 valence electrons. The van der Waals surface area contributed by atoms with Crippen LogP contribution in [0.1, 0.15) is 32.3 Å². The fraction of sp³-hybridized carbons (Fsp3) is 0.355. The lowest BCUT2D eigenvalue weighted by atomic mass is 10.1. The normalized spacial score (nSPS) is 11.8. The van der Waals surface area contributed by atoms with Gasteiger partial charge in [-0.1, -0.05) is 61.9 Å². The summed E-state index contributed by atoms with van der Waals surface area (Å²) in [6.45, 7) is 3.85. The molecule has 0 unspecified atom stereocenters. The Balaban J connectivity index is 2.02. The first-order valence-electron chi connectivity index (χ1n) is 13.6. The maximum Gasteiger partial charge on any atom is 0.264 e. The quantitative estimate of drug-likeness (QED) is 0.269. The van der Waals surface area contributed by atoms with E-state index < -0.39 is 28.5 Å². The average Bonchev–Trinajstić information content (AvgIpc) is 3.00. The van der Waals surface area contributed by atoms with Crippen molar-refractivity contribution in [3.63, 3.8) is 0 Å². The number of hydrogen-bond acceptors (Lipinski definition) is 6. The third kappa shape index (κ3) is 8.23. The molecule has 9 nitrogen and oxygen atoms in total. The highest BCUT2D eigenvalue weighted by molar-refractivity contribution is 7.92. The molecule has 3 aromatic carbocycles. The Hall–Kier alpha value is -4.05. The number of rotatable bonds is 15. The first-order chi connectivity index (χ1) is 19.7. The summed E-state index contributed by atoms with van der Waals surface area (Å²) >= 11 is 0. The number of anilines is 1. The number of nitrogens with zero attached hydrogens (tertiary/aromatic N) is 2. The van der Waals surface area contributed by atoms with Crippen LogP contribution in [0.4, 0.5) is 5.69 Å². The van der Waals surface area contributed by atoms with Crippen molar-refractivity contribution in [2.24, 2.45) is 0 Å². The second-order valence-corrected chi connectivity index (χ2v) is 11.4. The Morgan fingerprint density at radius 1 is 0.927 bits per heavy atom. The molecule has 0 aliphatic rings. The summed E-state index contributed by atoms with van der Waals surface area (Å²) in [5.74, 6) is -0.176. The summed E-state index contributed by atoms with van der Waals surface area (Å²) in [6, 6.07) is 21.4. The lowest BCUT2D eigenvalue weighted by Crippen LogP contribution is -2.52. The van der Waals surface area contributed by atoms with Gasteiger partial charge >= 0.3 is 0 Å². The van der Waals surface area contributed by atoms with Crippen molar-refractivity contribution in [2.75, 3.05) is 38.2 Å². The Bertz CT molecular complexity index is 1380. The fourth-order valence-electron chi connectivity index (χ4n) is 4.33. The summed E-state index contributed by atoms with van der Waals surface area (Å²) in [5, 5.41) is 2.89. The van der Waals surface area contributed by atoms with E-state index in [1.165, 1.54) is 37.3 Å². The average molecular weight is 582 g/mol. The Morgan fingerprint density at radius 2 is 1.59 bits per heavy atom. The first-order valence-corrected chi connectivity index (χ1v) is 15.1. The molecular weight excluding hydrogens is 542 g/mol. The van der Waals surface area contributed by atoms with Crippen LogP contribution < -0.4 is 19.1 Å². The second kappa shape index (κ2) is 15.1. The number of hydrogen-bond donors (Lipinski definition) is 1. The molecule has 10 heteroatoms. The zero-order valence-corrected chi connectivity index (χ0v) is 24.9. The van der Waals surface area contributed by atoms with Gasteiger partial charge < -0.3 is 19.7 Å². The van der Waals surface area contributed by atoms with Crippen molar-refractivity contribution < 1.29 is 27.5 Å². The van der Waals surface area contributed by atoms with Gasteiger partial charge in [0.15, 0.2) is 0 Å². The van der Waals surface area contributed by atoms with Gasteiger partial charge in [0.25, 0.3) is 10.0 Å². The monoisotopic (exact) mass is 581 g/mol. The minimum Gasteiger partial charge on any atom is -0.497 e. The van der Waals surface area contributed by atoms with E-state index in [4.69, 9.17) is 9.47 Å². The van der Waals surface area contributed by atoms with Crippen molar-refractivity contribution in [3.05, 3.63) is 84.4 Å². The van der Waals surface area contributed by atoms with Crippen LogP contribution >= 0.6 is 0 Å². The number of unbranched alkanes of at least 4 members (excludes halogenated alkanes) is 1. The SMILES string of the molecule is CCCCNC(=O)[C@@H](C)N(CCc1ccccc1)C(=O)CN(c1cc(OC)ccc1OC)S(=O)(=O)c1ccccc1. The van der Waals surface area contributed by atoms with Crippen LogP contribution in [-0.2, 0) is 26.0 Å². The number of nitrogens with one attached hydrogen (secondary N) is 1. The van der Waals surface area contributed by atoms with Crippen molar-refractivity contribution >= 4 is 27.5 Å². The van der Waals surface area contributed by atoms with Gasteiger partial charge in [0.05, 0.1) is 24.8 Å². The molecule has 1 N–H and O–H groups in total. The molecule has 0 aromatic heterocycles. The van der Waals surface area contributed by atoms with Crippen LogP contribution in [0.15, 0.2) is 83.8 Å². The Labute approximate surface area is 243 Å². The van der Waals surface area contributed by atoms with Crippen molar-refractivity contribution in [1.82, 2.24) is 10.2 Å². The van der Waals surface area contributed by atoms with E-state index in [9.17, 15) is 18.0 Å². The molecule has 0 aliphatic carbocycles. The molecule has 0 saturated carbocycles. The number of sulfonamides is 1. The fourth-order valence-corrected chi connectivity index (χ4v) is 5.77. The number of ether oxygens (including phenoxy) is 2. The highest BCUT2D eigenvalue weighted by atomic mass is 32.2. The summed E-state index contributed by atoms with van der Waals surface area (Å²) in [5.41, 5.74) is 1.14. The van der Waals surface area contributed by atoms with Gasteiger partial charge in [0.1, 0.15) is 24.1 Å². The van der Waals surface area contributed by atoms with E-state index in [1.807, 2.05) is 37.3 Å². The molecule has 3 rings (SSSR count). The van der Waals surface area contributed by atoms with Crippen LogP contribution in [0.25, 0.3) is 0 Å². The molecule has 0 spiro atoms. The summed E-state index contributed by atoms with van der Waals surface area (Å²) < 4.78 is 39.9. The van der Waals surface area contributed by atoms with Crippen LogP contribution in [0.2, 0.25) is 0 Å². The molecule has 2 amide bonds. The van der Waals surface area contributed by atoms with Crippen LogP contribution in [0.5, 0.6) is 11.5 Å². The van der Waals surface area contributed by atoms with Crippen LogP contribution in [0, 0.1) is 0 Å². The largest absolute Gasteiger partial charge is 0.497 e. The lowest BCUT2D eigenvalue weighted by molar-refractivity contribution is -0.138. The number of methoxy groups -OCH3 is 2. The smallest absolute Gasteiger partial charge is 0.264 e. The molecule has 0 bridgehead atoms. The molecule has 0 fully saturated rings. The number of benzene rings is 3. The van der Waals surface area contributed by atoms with Crippen molar-refractivity contribution in [2.45, 2.75) is 44.0 Å². The van der Waals surface area contributed by atoms with Gasteiger partial charge in [-0.3, -0.25) is 13.9 Å². The lowest BCUT2D eigenvalue weighted by Gasteiger charge is -2.32. The molecular formula is C31H39N3O6S. The molecule has 1 atom stereocenters. The predicted octanol–water partition coefficient (Wildman–Crippen LogP) is 4.28. The van der Waals surface area contributed by atoms with E-state index in [-0.39, 0.29) is 28.8 Å². The number of carbonyl (C=O) groups is 2. The number of amides is 2. The molecule has 0 radical (unpaired) electrons. The van der Waals surface area contributed by atoms with Crippen LogP contribution in [0.3, 0.4) is 0 Å². The van der Waals surface area contributed by atoms with Gasteiger partial charge in [-0.05, 0) is 49.6 Å².